The Hall–Kier alpha value is -2.32. The van der Waals surface area contributed by atoms with Gasteiger partial charge >= 0.3 is 0 Å². The molecule has 27 heavy (non-hydrogen) atoms. The highest BCUT2D eigenvalue weighted by Crippen LogP contribution is 2.32. The first-order valence-electron chi connectivity index (χ1n) is 8.97. The highest BCUT2D eigenvalue weighted by Gasteiger charge is 2.35. The Labute approximate surface area is 163 Å². The minimum absolute atomic E-state index is 0. The number of nitrogens with two attached hydrogens (primary N) is 1. The second kappa shape index (κ2) is 7.74. The van der Waals surface area contributed by atoms with Crippen molar-refractivity contribution in [2.24, 2.45) is 5.73 Å². The highest BCUT2D eigenvalue weighted by atomic mass is 35.5. The molecule has 1 aliphatic heterocycles. The Balaban J connectivity index is 0.00000210. The molecule has 0 radical (unpaired) electrons. The molecule has 1 saturated carbocycles. The molecule has 1 amide bonds. The van der Waals surface area contributed by atoms with Crippen LogP contribution in [0.15, 0.2) is 18.2 Å². The fourth-order valence-electron chi connectivity index (χ4n) is 3.68. The summed E-state index contributed by atoms with van der Waals surface area (Å²) in [6.07, 6.45) is 3.98. The zero-order chi connectivity index (χ0) is 18.1. The summed E-state index contributed by atoms with van der Waals surface area (Å²) in [5.41, 5.74) is 7.36. The maximum absolute atomic E-state index is 12.7. The van der Waals surface area contributed by atoms with Crippen molar-refractivity contribution < 1.29 is 14.3 Å². The van der Waals surface area contributed by atoms with E-state index in [0.717, 1.165) is 31.4 Å². The van der Waals surface area contributed by atoms with Crippen LogP contribution in [-0.4, -0.2) is 46.2 Å². The number of nitrogens with zero attached hydrogens (tertiary/aromatic N) is 3. The second-order valence-corrected chi connectivity index (χ2v) is 6.91. The molecule has 2 aromatic rings. The van der Waals surface area contributed by atoms with Gasteiger partial charge in [0.25, 0.3) is 5.91 Å². The Morgan fingerprint density at radius 1 is 1.26 bits per heavy atom. The largest absolute Gasteiger partial charge is 0.486 e. The third-order valence-corrected chi connectivity index (χ3v) is 5.21. The van der Waals surface area contributed by atoms with Crippen LogP contribution in [0, 0.1) is 6.92 Å². The van der Waals surface area contributed by atoms with Crippen molar-refractivity contribution in [1.82, 2.24) is 20.3 Å². The molecule has 1 aromatic heterocycles. The Kier molecular flexibility index (Phi) is 5.57. The lowest BCUT2D eigenvalue weighted by Crippen LogP contribution is -2.51. The summed E-state index contributed by atoms with van der Waals surface area (Å²) in [6.45, 7) is 3.33. The zero-order valence-electron chi connectivity index (χ0n) is 15.2. The summed E-state index contributed by atoms with van der Waals surface area (Å²) in [5.74, 6) is 1.16. The standard InChI is InChI=1S/C18H23N5O3.ClH/c1-12-16(17(24)20-18(11-19)6-2-3-7-18)21-22-23(12)13-4-5-14-15(10-13)26-9-8-25-14;/h4-5,10H,2-3,6-9,11,19H2,1H3,(H,20,24);1H. The van der Waals surface area contributed by atoms with Gasteiger partial charge in [0.15, 0.2) is 17.2 Å². The van der Waals surface area contributed by atoms with E-state index in [0.29, 0.717) is 42.6 Å². The predicted octanol–water partition coefficient (Wildman–Crippen LogP) is 1.77. The molecule has 0 saturated heterocycles. The minimum atomic E-state index is -0.315. The van der Waals surface area contributed by atoms with E-state index in [4.69, 9.17) is 15.2 Å². The van der Waals surface area contributed by atoms with Crippen molar-refractivity contribution >= 4 is 18.3 Å². The number of hydrogen-bond donors (Lipinski definition) is 2. The SMILES string of the molecule is Cc1c(C(=O)NC2(CN)CCCC2)nnn1-c1ccc2c(c1)OCCO2.Cl. The van der Waals surface area contributed by atoms with Gasteiger partial charge in [-0.15, -0.1) is 17.5 Å². The molecule has 8 nitrogen and oxygen atoms in total. The number of rotatable bonds is 4. The van der Waals surface area contributed by atoms with Crippen LogP contribution in [0.3, 0.4) is 0 Å². The van der Waals surface area contributed by atoms with Gasteiger partial charge in [0.2, 0.25) is 0 Å². The van der Waals surface area contributed by atoms with E-state index >= 15 is 0 Å². The Morgan fingerprint density at radius 2 is 1.96 bits per heavy atom. The van der Waals surface area contributed by atoms with Gasteiger partial charge in [0, 0.05) is 12.6 Å². The third-order valence-electron chi connectivity index (χ3n) is 5.21. The first kappa shape index (κ1) is 19.4. The van der Waals surface area contributed by atoms with E-state index in [9.17, 15) is 4.79 Å². The quantitative estimate of drug-likeness (QED) is 0.820. The van der Waals surface area contributed by atoms with Gasteiger partial charge < -0.3 is 20.5 Å². The smallest absolute Gasteiger partial charge is 0.274 e. The molecule has 1 aromatic carbocycles. The number of amides is 1. The van der Waals surface area contributed by atoms with E-state index in [1.54, 1.807) is 4.68 Å². The van der Waals surface area contributed by atoms with Gasteiger partial charge in [-0.25, -0.2) is 4.68 Å². The number of fused-ring (bicyclic) bond motifs is 1. The number of halogens is 1. The number of benzene rings is 1. The van der Waals surface area contributed by atoms with E-state index in [1.165, 1.54) is 0 Å². The Morgan fingerprint density at radius 3 is 2.67 bits per heavy atom. The third kappa shape index (κ3) is 3.59. The van der Waals surface area contributed by atoms with E-state index in [1.807, 2.05) is 25.1 Å². The number of hydrogen-bond acceptors (Lipinski definition) is 6. The molecular weight excluding hydrogens is 370 g/mol. The number of carbonyl (C=O) groups is 1. The molecule has 2 heterocycles. The molecule has 0 unspecified atom stereocenters. The van der Waals surface area contributed by atoms with Gasteiger partial charge in [-0.05, 0) is 31.9 Å². The molecule has 3 N–H and O–H groups in total. The lowest BCUT2D eigenvalue weighted by molar-refractivity contribution is 0.0897. The fourth-order valence-corrected chi connectivity index (χ4v) is 3.68. The van der Waals surface area contributed by atoms with Gasteiger partial charge in [-0.1, -0.05) is 18.1 Å². The van der Waals surface area contributed by atoms with Gasteiger partial charge in [0.05, 0.1) is 16.9 Å². The first-order valence-corrected chi connectivity index (χ1v) is 8.97. The molecule has 0 bridgehead atoms. The van der Waals surface area contributed by atoms with E-state index < -0.39 is 0 Å². The minimum Gasteiger partial charge on any atom is -0.486 e. The summed E-state index contributed by atoms with van der Waals surface area (Å²) in [4.78, 5) is 12.7. The molecule has 146 valence electrons. The zero-order valence-corrected chi connectivity index (χ0v) is 16.1. The predicted molar refractivity (Wildman–Crippen MR) is 102 cm³/mol. The van der Waals surface area contributed by atoms with Gasteiger partial charge in [-0.3, -0.25) is 4.79 Å². The van der Waals surface area contributed by atoms with Crippen LogP contribution in [0.25, 0.3) is 5.69 Å². The maximum atomic E-state index is 12.7. The Bertz CT molecular complexity index is 832. The van der Waals surface area contributed by atoms with Gasteiger partial charge in [0.1, 0.15) is 13.2 Å². The van der Waals surface area contributed by atoms with Crippen LogP contribution < -0.4 is 20.5 Å². The molecule has 1 aliphatic carbocycles. The van der Waals surface area contributed by atoms with Crippen LogP contribution in [0.4, 0.5) is 0 Å². The van der Waals surface area contributed by atoms with Crippen LogP contribution in [0.5, 0.6) is 11.5 Å². The molecule has 2 aliphatic rings. The molecule has 0 atom stereocenters. The monoisotopic (exact) mass is 393 g/mol. The normalized spacial score (nSPS) is 17.3. The van der Waals surface area contributed by atoms with Crippen molar-refractivity contribution in [3.8, 4) is 17.2 Å². The summed E-state index contributed by atoms with van der Waals surface area (Å²) in [7, 11) is 0. The van der Waals surface area contributed by atoms with Crippen LogP contribution in [-0.2, 0) is 0 Å². The summed E-state index contributed by atoms with van der Waals surface area (Å²) in [6, 6.07) is 5.55. The molecule has 9 heteroatoms. The molecular formula is C18H24ClN5O3. The number of nitrogens with one attached hydrogen (secondary N) is 1. The number of ether oxygens (including phenoxy) is 2. The first-order chi connectivity index (χ1) is 12.6. The summed E-state index contributed by atoms with van der Waals surface area (Å²) in [5, 5.41) is 11.3. The van der Waals surface area contributed by atoms with Crippen molar-refractivity contribution in [3.05, 3.63) is 29.6 Å². The molecule has 0 spiro atoms. The van der Waals surface area contributed by atoms with E-state index in [2.05, 4.69) is 15.6 Å². The number of carbonyl (C=O) groups excluding carboxylic acids is 1. The average Bonchev–Trinajstić information content (AvgIpc) is 3.28. The summed E-state index contributed by atoms with van der Waals surface area (Å²) >= 11 is 0. The van der Waals surface area contributed by atoms with Crippen LogP contribution >= 0.6 is 12.4 Å². The fraction of sp³-hybridized carbons (Fsp3) is 0.500. The molecule has 4 rings (SSSR count). The van der Waals surface area contributed by atoms with Crippen LogP contribution in [0.2, 0.25) is 0 Å². The average molecular weight is 394 g/mol. The lowest BCUT2D eigenvalue weighted by atomic mass is 9.97. The lowest BCUT2D eigenvalue weighted by Gasteiger charge is -2.28. The second-order valence-electron chi connectivity index (χ2n) is 6.91. The van der Waals surface area contributed by atoms with Crippen molar-refractivity contribution in [1.29, 1.82) is 0 Å². The van der Waals surface area contributed by atoms with Crippen LogP contribution in [0.1, 0.15) is 41.9 Å². The number of aromatic nitrogens is 3. The summed E-state index contributed by atoms with van der Waals surface area (Å²) < 4.78 is 12.8. The van der Waals surface area contributed by atoms with Crippen molar-refractivity contribution in [3.63, 3.8) is 0 Å². The van der Waals surface area contributed by atoms with E-state index in [-0.39, 0.29) is 23.9 Å². The molecule has 1 fully saturated rings. The van der Waals surface area contributed by atoms with Gasteiger partial charge in [-0.2, -0.15) is 0 Å². The topological polar surface area (TPSA) is 104 Å². The van der Waals surface area contributed by atoms with Crippen molar-refractivity contribution in [2.45, 2.75) is 38.1 Å². The highest BCUT2D eigenvalue weighted by molar-refractivity contribution is 5.93. The van der Waals surface area contributed by atoms with Crippen molar-refractivity contribution in [2.75, 3.05) is 19.8 Å². The maximum Gasteiger partial charge on any atom is 0.274 e.